The van der Waals surface area contributed by atoms with Crippen LogP contribution in [0.25, 0.3) is 0 Å². The number of nitrogens with two attached hydrogens (primary N) is 1. The van der Waals surface area contributed by atoms with Crippen LogP contribution in [0.1, 0.15) is 31.7 Å². The van der Waals surface area contributed by atoms with Crippen molar-refractivity contribution in [3.8, 4) is 11.5 Å². The molecule has 0 aromatic heterocycles. The number of hydrogen-bond acceptors (Lipinski definition) is 4. The van der Waals surface area contributed by atoms with Gasteiger partial charge in [-0.2, -0.15) is 0 Å². The van der Waals surface area contributed by atoms with Gasteiger partial charge in [0.1, 0.15) is 6.61 Å². The summed E-state index contributed by atoms with van der Waals surface area (Å²) in [7, 11) is 1.66. The number of rotatable bonds is 7. The molecule has 1 saturated heterocycles. The minimum Gasteiger partial charge on any atom is -0.493 e. The number of benzene rings is 1. The number of ether oxygens (including phenoxy) is 3. The molecule has 112 valence electrons. The van der Waals surface area contributed by atoms with Crippen LogP contribution in [0.4, 0.5) is 0 Å². The zero-order valence-electron chi connectivity index (χ0n) is 12.4. The molecule has 0 spiro atoms. The zero-order valence-corrected chi connectivity index (χ0v) is 12.4. The van der Waals surface area contributed by atoms with Crippen LogP contribution in [0.15, 0.2) is 18.2 Å². The van der Waals surface area contributed by atoms with E-state index in [0.717, 1.165) is 43.8 Å². The van der Waals surface area contributed by atoms with E-state index < -0.39 is 0 Å². The molecule has 4 nitrogen and oxygen atoms in total. The summed E-state index contributed by atoms with van der Waals surface area (Å²) < 4.78 is 16.8. The van der Waals surface area contributed by atoms with Gasteiger partial charge in [-0.05, 0) is 43.4 Å². The molecule has 2 unspecified atom stereocenters. The minimum absolute atomic E-state index is 0.189. The second-order valence-electron chi connectivity index (χ2n) is 5.30. The molecular weight excluding hydrogens is 254 g/mol. The van der Waals surface area contributed by atoms with Crippen LogP contribution in [0, 0.1) is 0 Å². The molecule has 2 rings (SSSR count). The van der Waals surface area contributed by atoms with Crippen molar-refractivity contribution in [2.45, 2.75) is 44.8 Å². The molecule has 1 aliphatic rings. The Hall–Kier alpha value is -1.26. The molecule has 1 heterocycles. The molecule has 1 aromatic rings. The fourth-order valence-electron chi connectivity index (χ4n) is 2.37. The van der Waals surface area contributed by atoms with Crippen molar-refractivity contribution in [3.63, 3.8) is 0 Å². The second kappa shape index (κ2) is 7.50. The molecule has 1 aliphatic heterocycles. The second-order valence-corrected chi connectivity index (χ2v) is 5.30. The third-order valence-corrected chi connectivity index (χ3v) is 3.70. The van der Waals surface area contributed by atoms with Crippen molar-refractivity contribution >= 4 is 0 Å². The van der Waals surface area contributed by atoms with Gasteiger partial charge in [0.2, 0.25) is 0 Å². The van der Waals surface area contributed by atoms with E-state index in [2.05, 4.69) is 6.92 Å². The first kappa shape index (κ1) is 15.1. The Morgan fingerprint density at radius 3 is 2.90 bits per heavy atom. The first-order chi connectivity index (χ1) is 9.72. The summed E-state index contributed by atoms with van der Waals surface area (Å²) in [4.78, 5) is 0. The maximum Gasteiger partial charge on any atom is 0.161 e. The maximum absolute atomic E-state index is 6.01. The van der Waals surface area contributed by atoms with Crippen LogP contribution >= 0.6 is 0 Å². The Balaban J connectivity index is 2.01. The van der Waals surface area contributed by atoms with E-state index in [0.29, 0.717) is 6.61 Å². The summed E-state index contributed by atoms with van der Waals surface area (Å²) in [5, 5.41) is 0. The molecule has 0 bridgehead atoms. The molecule has 1 fully saturated rings. The average molecular weight is 279 g/mol. The molecule has 20 heavy (non-hydrogen) atoms. The molecule has 0 radical (unpaired) electrons. The summed E-state index contributed by atoms with van der Waals surface area (Å²) in [6.07, 6.45) is 4.23. The Kier molecular flexibility index (Phi) is 5.68. The highest BCUT2D eigenvalue weighted by molar-refractivity contribution is 5.43. The van der Waals surface area contributed by atoms with E-state index in [9.17, 15) is 0 Å². The Morgan fingerprint density at radius 1 is 1.40 bits per heavy atom. The monoisotopic (exact) mass is 279 g/mol. The lowest BCUT2D eigenvalue weighted by molar-refractivity contribution is 0.0669. The van der Waals surface area contributed by atoms with Gasteiger partial charge in [0, 0.05) is 12.6 Å². The van der Waals surface area contributed by atoms with Crippen LogP contribution in [0.3, 0.4) is 0 Å². The van der Waals surface area contributed by atoms with E-state index in [4.69, 9.17) is 19.9 Å². The van der Waals surface area contributed by atoms with Gasteiger partial charge in [-0.25, -0.2) is 0 Å². The van der Waals surface area contributed by atoms with Crippen molar-refractivity contribution in [2.24, 2.45) is 5.73 Å². The fraction of sp³-hybridized carbons (Fsp3) is 0.625. The molecule has 2 atom stereocenters. The van der Waals surface area contributed by atoms with Gasteiger partial charge in [-0.1, -0.05) is 13.0 Å². The van der Waals surface area contributed by atoms with Crippen LogP contribution in [-0.4, -0.2) is 32.5 Å². The van der Waals surface area contributed by atoms with Crippen LogP contribution in [0.2, 0.25) is 0 Å². The van der Waals surface area contributed by atoms with Crippen molar-refractivity contribution in [2.75, 3.05) is 20.3 Å². The van der Waals surface area contributed by atoms with Gasteiger partial charge in [0.15, 0.2) is 11.5 Å². The third-order valence-electron chi connectivity index (χ3n) is 3.70. The molecule has 0 aliphatic carbocycles. The van der Waals surface area contributed by atoms with Crippen molar-refractivity contribution in [1.82, 2.24) is 0 Å². The van der Waals surface area contributed by atoms with Gasteiger partial charge in [-0.3, -0.25) is 0 Å². The van der Waals surface area contributed by atoms with Crippen molar-refractivity contribution < 1.29 is 14.2 Å². The lowest BCUT2D eigenvalue weighted by atomic mass is 10.0. The lowest BCUT2D eigenvalue weighted by Crippen LogP contribution is -2.21. The fourth-order valence-corrected chi connectivity index (χ4v) is 2.37. The SMILES string of the molecule is CCC(N)Cc1ccc(OC)c(OCC2CCCO2)c1. The van der Waals surface area contributed by atoms with Crippen LogP contribution in [-0.2, 0) is 11.2 Å². The smallest absolute Gasteiger partial charge is 0.161 e. The summed E-state index contributed by atoms with van der Waals surface area (Å²) >= 11 is 0. The van der Waals surface area contributed by atoms with Crippen LogP contribution < -0.4 is 15.2 Å². The molecule has 1 aromatic carbocycles. The normalized spacial score (nSPS) is 19.9. The van der Waals surface area contributed by atoms with Gasteiger partial charge in [0.05, 0.1) is 13.2 Å². The standard InChI is InChI=1S/C16H25NO3/c1-3-13(17)9-12-6-7-15(18-2)16(10-12)20-11-14-5-4-8-19-14/h6-7,10,13-14H,3-5,8-9,11,17H2,1-2H3. The molecule has 2 N–H and O–H groups in total. The molecule has 0 amide bonds. The summed E-state index contributed by atoms with van der Waals surface area (Å²) in [6.45, 7) is 3.53. The van der Waals surface area contributed by atoms with Gasteiger partial charge in [-0.15, -0.1) is 0 Å². The van der Waals surface area contributed by atoms with Gasteiger partial charge < -0.3 is 19.9 Å². The molecule has 4 heteroatoms. The largest absolute Gasteiger partial charge is 0.493 e. The first-order valence-corrected chi connectivity index (χ1v) is 7.39. The number of methoxy groups -OCH3 is 1. The minimum atomic E-state index is 0.189. The first-order valence-electron chi connectivity index (χ1n) is 7.39. The van der Waals surface area contributed by atoms with E-state index in [1.54, 1.807) is 7.11 Å². The highest BCUT2D eigenvalue weighted by Gasteiger charge is 2.17. The Labute approximate surface area is 121 Å². The average Bonchev–Trinajstić information content (AvgIpc) is 2.98. The predicted molar refractivity (Wildman–Crippen MR) is 79.4 cm³/mol. The van der Waals surface area contributed by atoms with E-state index in [-0.39, 0.29) is 12.1 Å². The predicted octanol–water partition coefficient (Wildman–Crippen LogP) is 2.53. The quantitative estimate of drug-likeness (QED) is 0.833. The van der Waals surface area contributed by atoms with E-state index in [1.807, 2.05) is 18.2 Å². The molecule has 0 saturated carbocycles. The van der Waals surface area contributed by atoms with Gasteiger partial charge in [0.25, 0.3) is 0 Å². The maximum atomic E-state index is 6.01. The van der Waals surface area contributed by atoms with E-state index in [1.165, 1.54) is 5.56 Å². The van der Waals surface area contributed by atoms with Crippen molar-refractivity contribution in [3.05, 3.63) is 23.8 Å². The molecular formula is C16H25NO3. The lowest BCUT2D eigenvalue weighted by Gasteiger charge is -2.16. The zero-order chi connectivity index (χ0) is 14.4. The van der Waals surface area contributed by atoms with Crippen molar-refractivity contribution in [1.29, 1.82) is 0 Å². The Morgan fingerprint density at radius 2 is 2.25 bits per heavy atom. The summed E-state index contributed by atoms with van der Waals surface area (Å²) in [5.74, 6) is 1.54. The highest BCUT2D eigenvalue weighted by Crippen LogP contribution is 2.29. The van der Waals surface area contributed by atoms with E-state index >= 15 is 0 Å². The summed E-state index contributed by atoms with van der Waals surface area (Å²) in [5.41, 5.74) is 7.19. The number of hydrogen-bond donors (Lipinski definition) is 1. The third kappa shape index (κ3) is 4.12. The van der Waals surface area contributed by atoms with Gasteiger partial charge >= 0.3 is 0 Å². The topological polar surface area (TPSA) is 53.7 Å². The Bertz CT molecular complexity index is 416. The van der Waals surface area contributed by atoms with Crippen LogP contribution in [0.5, 0.6) is 11.5 Å². The summed E-state index contributed by atoms with van der Waals surface area (Å²) in [6, 6.07) is 6.22. The highest BCUT2D eigenvalue weighted by atomic mass is 16.5.